The van der Waals surface area contributed by atoms with Gasteiger partial charge in [-0.25, -0.2) is 4.98 Å². The van der Waals surface area contributed by atoms with Crippen molar-refractivity contribution >= 4 is 57.5 Å². The summed E-state index contributed by atoms with van der Waals surface area (Å²) in [6, 6.07) is 18.5. The van der Waals surface area contributed by atoms with Crippen molar-refractivity contribution in [2.24, 2.45) is 5.10 Å². The summed E-state index contributed by atoms with van der Waals surface area (Å²) >= 11 is 19.9. The number of aromatic nitrogens is 1. The summed E-state index contributed by atoms with van der Waals surface area (Å²) < 4.78 is 11.7. The Bertz CT molecular complexity index is 1310. The third kappa shape index (κ3) is 6.21. The number of nitrogens with one attached hydrogen (secondary N) is 1. The van der Waals surface area contributed by atoms with Crippen molar-refractivity contribution in [1.29, 1.82) is 0 Å². The molecule has 1 aromatic heterocycles. The van der Waals surface area contributed by atoms with E-state index in [0.717, 1.165) is 22.4 Å². The number of thiazole rings is 1. The second-order valence-corrected chi connectivity index (χ2v) is 9.16. The maximum Gasteiger partial charge on any atom is 0.203 e. The minimum absolute atomic E-state index is 0.346. The van der Waals surface area contributed by atoms with Crippen LogP contribution in [0.5, 0.6) is 11.5 Å². The standard InChI is InChI=1S/C25H20Cl3N3O2S/c1-2-32-24-11-16(7-10-23(24)33-14-17-5-3-4-6-20(17)27)13-29-31-25-30-22(15-34-25)19-9-8-18(26)12-21(19)28/h3-13,15H,2,14H2,1H3,(H,30,31)/b29-13-. The third-order valence-corrected chi connectivity index (χ3v) is 6.36. The number of ether oxygens (including phenoxy) is 2. The van der Waals surface area contributed by atoms with Crippen LogP contribution in [0.25, 0.3) is 11.3 Å². The van der Waals surface area contributed by atoms with E-state index in [0.29, 0.717) is 44.9 Å². The van der Waals surface area contributed by atoms with E-state index in [4.69, 9.17) is 44.3 Å². The van der Waals surface area contributed by atoms with E-state index in [2.05, 4.69) is 15.5 Å². The quantitative estimate of drug-likeness (QED) is 0.174. The summed E-state index contributed by atoms with van der Waals surface area (Å²) in [6.07, 6.45) is 1.69. The predicted octanol–water partition coefficient (Wildman–Crippen LogP) is 8.19. The molecule has 0 aliphatic rings. The summed E-state index contributed by atoms with van der Waals surface area (Å²) in [5, 5.41) is 8.64. The molecular formula is C25H20Cl3N3O2S. The van der Waals surface area contributed by atoms with Gasteiger partial charge in [-0.1, -0.05) is 53.0 Å². The molecule has 9 heteroatoms. The van der Waals surface area contributed by atoms with Crippen LogP contribution in [0.3, 0.4) is 0 Å². The number of hydrazone groups is 1. The molecule has 0 aliphatic heterocycles. The molecular weight excluding hydrogens is 513 g/mol. The monoisotopic (exact) mass is 531 g/mol. The van der Waals surface area contributed by atoms with Crippen molar-refractivity contribution in [2.45, 2.75) is 13.5 Å². The van der Waals surface area contributed by atoms with Gasteiger partial charge < -0.3 is 9.47 Å². The smallest absolute Gasteiger partial charge is 0.203 e. The lowest BCUT2D eigenvalue weighted by Gasteiger charge is -2.13. The molecule has 4 rings (SSSR count). The Morgan fingerprint density at radius 3 is 2.62 bits per heavy atom. The Kier molecular flexibility index (Phi) is 8.29. The van der Waals surface area contributed by atoms with Gasteiger partial charge in [0.1, 0.15) is 6.61 Å². The van der Waals surface area contributed by atoms with E-state index in [9.17, 15) is 0 Å². The minimum Gasteiger partial charge on any atom is -0.490 e. The second kappa shape index (κ2) is 11.6. The lowest BCUT2D eigenvalue weighted by molar-refractivity contribution is 0.269. The summed E-state index contributed by atoms with van der Waals surface area (Å²) in [5.74, 6) is 1.27. The largest absolute Gasteiger partial charge is 0.490 e. The minimum atomic E-state index is 0.346. The summed E-state index contributed by atoms with van der Waals surface area (Å²) in [6.45, 7) is 2.78. The third-order valence-electron chi connectivity index (χ3n) is 4.69. The summed E-state index contributed by atoms with van der Waals surface area (Å²) in [4.78, 5) is 4.53. The molecule has 34 heavy (non-hydrogen) atoms. The van der Waals surface area contributed by atoms with E-state index < -0.39 is 0 Å². The highest BCUT2D eigenvalue weighted by Crippen LogP contribution is 2.33. The fourth-order valence-electron chi connectivity index (χ4n) is 3.07. The molecule has 0 saturated carbocycles. The molecule has 0 spiro atoms. The number of hydrogen-bond acceptors (Lipinski definition) is 6. The number of rotatable bonds is 9. The maximum absolute atomic E-state index is 6.28. The van der Waals surface area contributed by atoms with Crippen LogP contribution in [0.1, 0.15) is 18.1 Å². The van der Waals surface area contributed by atoms with Gasteiger partial charge in [-0.3, -0.25) is 5.43 Å². The average molecular weight is 533 g/mol. The van der Waals surface area contributed by atoms with Crippen LogP contribution < -0.4 is 14.9 Å². The lowest BCUT2D eigenvalue weighted by Crippen LogP contribution is -2.01. The topological polar surface area (TPSA) is 55.7 Å². The predicted molar refractivity (Wildman–Crippen MR) is 142 cm³/mol. The number of halogens is 3. The fourth-order valence-corrected chi connectivity index (χ4v) is 4.43. The highest BCUT2D eigenvalue weighted by atomic mass is 35.5. The molecule has 0 unspecified atom stereocenters. The lowest BCUT2D eigenvalue weighted by atomic mass is 10.2. The molecule has 1 N–H and O–H groups in total. The number of benzene rings is 3. The van der Waals surface area contributed by atoms with E-state index in [-0.39, 0.29) is 0 Å². The van der Waals surface area contributed by atoms with Crippen LogP contribution in [-0.4, -0.2) is 17.8 Å². The highest BCUT2D eigenvalue weighted by molar-refractivity contribution is 7.14. The van der Waals surface area contributed by atoms with Crippen LogP contribution in [-0.2, 0) is 6.61 Å². The van der Waals surface area contributed by atoms with Crippen molar-refractivity contribution in [3.05, 3.63) is 92.2 Å². The Morgan fingerprint density at radius 2 is 1.82 bits per heavy atom. The average Bonchev–Trinajstić information content (AvgIpc) is 3.28. The zero-order valence-corrected chi connectivity index (χ0v) is 21.2. The molecule has 4 aromatic rings. The molecule has 5 nitrogen and oxygen atoms in total. The van der Waals surface area contributed by atoms with Crippen molar-refractivity contribution in [2.75, 3.05) is 12.0 Å². The van der Waals surface area contributed by atoms with E-state index in [1.54, 1.807) is 18.3 Å². The van der Waals surface area contributed by atoms with Gasteiger partial charge in [0, 0.05) is 26.6 Å². The van der Waals surface area contributed by atoms with Crippen molar-refractivity contribution in [3.63, 3.8) is 0 Å². The van der Waals surface area contributed by atoms with Crippen molar-refractivity contribution in [1.82, 2.24) is 4.98 Å². The van der Waals surface area contributed by atoms with Gasteiger partial charge in [-0.05, 0) is 55.0 Å². The Morgan fingerprint density at radius 1 is 0.971 bits per heavy atom. The first-order chi connectivity index (χ1) is 16.5. The number of anilines is 1. The first kappa shape index (κ1) is 24.4. The van der Waals surface area contributed by atoms with E-state index in [1.807, 2.05) is 60.8 Å². The van der Waals surface area contributed by atoms with Crippen LogP contribution in [0.15, 0.2) is 71.1 Å². The molecule has 1 heterocycles. The van der Waals surface area contributed by atoms with Gasteiger partial charge >= 0.3 is 0 Å². The summed E-state index contributed by atoms with van der Waals surface area (Å²) in [7, 11) is 0. The first-order valence-corrected chi connectivity index (χ1v) is 12.4. The van der Waals surface area contributed by atoms with E-state index >= 15 is 0 Å². The van der Waals surface area contributed by atoms with Crippen LogP contribution >= 0.6 is 46.1 Å². The van der Waals surface area contributed by atoms with Crippen LogP contribution in [0.2, 0.25) is 15.1 Å². The molecule has 0 fully saturated rings. The highest BCUT2D eigenvalue weighted by Gasteiger charge is 2.10. The molecule has 0 bridgehead atoms. The molecule has 0 radical (unpaired) electrons. The Balaban J connectivity index is 1.42. The van der Waals surface area contributed by atoms with Crippen LogP contribution in [0.4, 0.5) is 5.13 Å². The molecule has 0 saturated heterocycles. The number of hydrogen-bond donors (Lipinski definition) is 1. The molecule has 0 amide bonds. The van der Waals surface area contributed by atoms with Gasteiger partial charge in [0.05, 0.1) is 23.5 Å². The molecule has 174 valence electrons. The molecule has 0 atom stereocenters. The second-order valence-electron chi connectivity index (χ2n) is 7.05. The van der Waals surface area contributed by atoms with Gasteiger partial charge in [-0.15, -0.1) is 11.3 Å². The first-order valence-electron chi connectivity index (χ1n) is 10.4. The fraction of sp³-hybridized carbons (Fsp3) is 0.120. The van der Waals surface area contributed by atoms with Gasteiger partial charge in [0.15, 0.2) is 11.5 Å². The number of nitrogens with zero attached hydrogens (tertiary/aromatic N) is 2. The Hall–Kier alpha value is -2.77. The van der Waals surface area contributed by atoms with E-state index in [1.165, 1.54) is 11.3 Å². The van der Waals surface area contributed by atoms with Gasteiger partial charge in [0.2, 0.25) is 5.13 Å². The SMILES string of the molecule is CCOc1cc(/C=N\Nc2nc(-c3ccc(Cl)cc3Cl)cs2)ccc1OCc1ccccc1Cl. The van der Waals surface area contributed by atoms with Crippen molar-refractivity contribution < 1.29 is 9.47 Å². The summed E-state index contributed by atoms with van der Waals surface area (Å²) in [5.41, 5.74) is 6.27. The van der Waals surface area contributed by atoms with Crippen LogP contribution in [0, 0.1) is 0 Å². The van der Waals surface area contributed by atoms with Crippen molar-refractivity contribution in [3.8, 4) is 22.8 Å². The zero-order valence-electron chi connectivity index (χ0n) is 18.1. The molecule has 0 aliphatic carbocycles. The Labute approximate surface area is 216 Å². The maximum atomic E-state index is 6.28. The van der Waals surface area contributed by atoms with Gasteiger partial charge in [-0.2, -0.15) is 5.10 Å². The van der Waals surface area contributed by atoms with Gasteiger partial charge in [0.25, 0.3) is 0 Å². The zero-order chi connectivity index (χ0) is 23.9. The normalized spacial score (nSPS) is 11.1. The molecule has 3 aromatic carbocycles.